The third kappa shape index (κ3) is 3.29. The molecule has 0 saturated heterocycles. The lowest BCUT2D eigenvalue weighted by Gasteiger charge is -2.22. The van der Waals surface area contributed by atoms with Crippen LogP contribution in [0.25, 0.3) is 4.72 Å². The molecule has 0 aliphatic carbocycles. The number of benzene rings is 2. The summed E-state index contributed by atoms with van der Waals surface area (Å²) in [6.07, 6.45) is 0. The first-order valence-electron chi connectivity index (χ1n) is 5.48. The molecule has 0 saturated carbocycles. The molecular weight excluding hydrogens is 323 g/mol. The molecule has 0 aliphatic heterocycles. The van der Waals surface area contributed by atoms with Crippen LogP contribution in [0.2, 0.25) is 5.02 Å². The summed E-state index contributed by atoms with van der Waals surface area (Å²) in [5.41, 5.74) is -1.10. The largest absolute Gasteiger partial charge is 0.570 e. The Labute approximate surface area is 124 Å². The number of rotatable bonds is 4. The minimum Gasteiger partial charge on any atom is -0.570 e. The molecule has 0 unspecified atom stereocenters. The number of hydrogen-bond donors (Lipinski definition) is 0. The summed E-state index contributed by atoms with van der Waals surface area (Å²) >= 11 is 5.55. The number of hydrogen-bond acceptors (Lipinski definition) is 4. The second kappa shape index (κ2) is 5.66. The van der Waals surface area contributed by atoms with E-state index in [1.54, 1.807) is 0 Å². The van der Waals surface area contributed by atoms with Crippen LogP contribution in [-0.2, 0) is 10.0 Å². The molecule has 0 spiro atoms. The average molecular weight is 330 g/mol. The van der Waals surface area contributed by atoms with Crippen molar-refractivity contribution >= 4 is 33.0 Å². The number of sulfonamides is 1. The molecule has 0 heterocycles. The van der Waals surface area contributed by atoms with Crippen LogP contribution in [-0.4, -0.2) is 13.3 Å². The van der Waals surface area contributed by atoms with Crippen LogP contribution >= 0.6 is 11.6 Å². The first-order chi connectivity index (χ1) is 9.81. The van der Waals surface area contributed by atoms with Crippen molar-refractivity contribution < 1.29 is 17.7 Å². The lowest BCUT2D eigenvalue weighted by molar-refractivity contribution is -0.387. The fourth-order valence-electron chi connectivity index (χ4n) is 1.56. The molecule has 2 aromatic rings. The molecule has 0 bridgehead atoms. The van der Waals surface area contributed by atoms with Crippen molar-refractivity contribution in [3.63, 3.8) is 0 Å². The Hall–Kier alpha value is -2.19. The van der Waals surface area contributed by atoms with Crippen molar-refractivity contribution in [2.45, 2.75) is 4.90 Å². The monoisotopic (exact) mass is 329 g/mol. The summed E-state index contributed by atoms with van der Waals surface area (Å²) in [6, 6.07) is 7.93. The van der Waals surface area contributed by atoms with E-state index in [1.165, 1.54) is 18.2 Å². The van der Waals surface area contributed by atoms with Gasteiger partial charge in [-0.05, 0) is 18.2 Å². The number of nitrogens with zero attached hydrogens (tertiary/aromatic N) is 2. The number of nitro benzene ring substituents is 1. The van der Waals surface area contributed by atoms with E-state index in [9.17, 15) is 22.9 Å². The summed E-state index contributed by atoms with van der Waals surface area (Å²) in [4.78, 5) is 9.39. The highest BCUT2D eigenvalue weighted by atomic mass is 35.5. The Kier molecular flexibility index (Phi) is 4.10. The molecule has 0 N–H and O–H groups in total. The predicted molar refractivity (Wildman–Crippen MR) is 74.7 cm³/mol. The Morgan fingerprint density at radius 3 is 2.48 bits per heavy atom. The Balaban J connectivity index is 2.46. The van der Waals surface area contributed by atoms with E-state index < -0.39 is 37.0 Å². The van der Waals surface area contributed by atoms with Gasteiger partial charge >= 0.3 is 0 Å². The van der Waals surface area contributed by atoms with Crippen molar-refractivity contribution in [3.8, 4) is 0 Å². The minimum atomic E-state index is -4.42. The lowest BCUT2D eigenvalue weighted by Crippen LogP contribution is -2.03. The zero-order valence-corrected chi connectivity index (χ0v) is 11.8. The first kappa shape index (κ1) is 15.2. The third-order valence-electron chi connectivity index (χ3n) is 2.47. The summed E-state index contributed by atoms with van der Waals surface area (Å²) in [7, 11) is -4.42. The zero-order chi connectivity index (χ0) is 15.6. The maximum absolute atomic E-state index is 13.6. The van der Waals surface area contributed by atoms with E-state index in [1.807, 2.05) is 0 Å². The van der Waals surface area contributed by atoms with E-state index in [-0.39, 0.29) is 5.02 Å². The number of para-hydroxylation sites is 1. The van der Waals surface area contributed by atoms with Crippen LogP contribution in [0.1, 0.15) is 0 Å². The standard InChI is InChI=1S/C12H7ClFN2O4S/c13-8-5-6-10(9(14)7-8)15-21(19,20)12-4-2-1-3-11(12)16(17)18/h1-7H/q-1. The van der Waals surface area contributed by atoms with Gasteiger partial charge in [0.15, 0.2) is 0 Å². The van der Waals surface area contributed by atoms with E-state index in [4.69, 9.17) is 11.6 Å². The average Bonchev–Trinajstić information content (AvgIpc) is 2.42. The van der Waals surface area contributed by atoms with Gasteiger partial charge in [-0.3, -0.25) is 10.1 Å². The van der Waals surface area contributed by atoms with Gasteiger partial charge in [-0.2, -0.15) is 0 Å². The molecule has 110 valence electrons. The van der Waals surface area contributed by atoms with Crippen LogP contribution < -0.4 is 0 Å². The first-order valence-corrected chi connectivity index (χ1v) is 7.29. The van der Waals surface area contributed by atoms with E-state index in [2.05, 4.69) is 4.72 Å². The van der Waals surface area contributed by atoms with Crippen LogP contribution in [0.4, 0.5) is 15.8 Å². The van der Waals surface area contributed by atoms with Crippen LogP contribution in [0.5, 0.6) is 0 Å². The zero-order valence-electron chi connectivity index (χ0n) is 10.2. The van der Waals surface area contributed by atoms with E-state index >= 15 is 0 Å². The summed E-state index contributed by atoms with van der Waals surface area (Å²) < 4.78 is 41.0. The molecule has 0 atom stereocenters. The van der Waals surface area contributed by atoms with Crippen LogP contribution in [0.15, 0.2) is 47.4 Å². The quantitative estimate of drug-likeness (QED) is 0.630. The predicted octanol–water partition coefficient (Wildman–Crippen LogP) is 3.78. The lowest BCUT2D eigenvalue weighted by atomic mass is 10.3. The third-order valence-corrected chi connectivity index (χ3v) is 4.04. The van der Waals surface area contributed by atoms with Crippen molar-refractivity contribution in [3.05, 3.63) is 68.1 Å². The topological polar surface area (TPSA) is 91.4 Å². The Bertz CT molecular complexity index is 811. The van der Waals surface area contributed by atoms with Crippen molar-refractivity contribution in [1.29, 1.82) is 0 Å². The molecule has 0 radical (unpaired) electrons. The second-order valence-electron chi connectivity index (χ2n) is 3.89. The van der Waals surface area contributed by atoms with Crippen molar-refractivity contribution in [2.75, 3.05) is 0 Å². The molecule has 0 amide bonds. The SMILES string of the molecule is O=[N+]([O-])c1ccccc1S(=O)(=O)[N-]c1ccc(Cl)cc1F. The van der Waals surface area contributed by atoms with Crippen molar-refractivity contribution in [1.82, 2.24) is 0 Å². The smallest absolute Gasteiger partial charge is 0.286 e. The maximum Gasteiger partial charge on any atom is 0.286 e. The van der Waals surface area contributed by atoms with Gasteiger partial charge in [0.2, 0.25) is 0 Å². The van der Waals surface area contributed by atoms with Gasteiger partial charge in [0.25, 0.3) is 5.69 Å². The Morgan fingerprint density at radius 1 is 1.19 bits per heavy atom. The highest BCUT2D eigenvalue weighted by molar-refractivity contribution is 7.94. The van der Waals surface area contributed by atoms with Gasteiger partial charge in [0, 0.05) is 11.1 Å². The van der Waals surface area contributed by atoms with E-state index in [0.29, 0.717) is 0 Å². The number of nitro groups is 1. The van der Waals surface area contributed by atoms with Gasteiger partial charge in [-0.1, -0.05) is 35.5 Å². The summed E-state index contributed by atoms with van der Waals surface area (Å²) in [6.45, 7) is 0. The molecule has 0 aliphatic rings. The number of halogens is 2. The minimum absolute atomic E-state index is 0.0783. The summed E-state index contributed by atoms with van der Waals surface area (Å²) in [5.74, 6) is -0.940. The molecule has 9 heteroatoms. The molecule has 2 rings (SSSR count). The fraction of sp³-hybridized carbons (Fsp3) is 0. The second-order valence-corrected chi connectivity index (χ2v) is 5.90. The fourth-order valence-corrected chi connectivity index (χ4v) is 2.88. The molecular formula is C12H7ClFN2O4S-. The van der Waals surface area contributed by atoms with Gasteiger partial charge in [-0.15, -0.1) is 0 Å². The summed E-state index contributed by atoms with van der Waals surface area (Å²) in [5, 5.41) is 10.9. The van der Waals surface area contributed by atoms with Gasteiger partial charge in [-0.25, -0.2) is 12.8 Å². The highest BCUT2D eigenvalue weighted by Crippen LogP contribution is 2.34. The molecule has 0 aromatic heterocycles. The van der Waals surface area contributed by atoms with Gasteiger partial charge in [0.1, 0.15) is 20.7 Å². The van der Waals surface area contributed by atoms with Gasteiger partial charge in [0.05, 0.1) is 4.92 Å². The highest BCUT2D eigenvalue weighted by Gasteiger charge is 2.19. The molecule has 21 heavy (non-hydrogen) atoms. The Morgan fingerprint density at radius 2 is 1.86 bits per heavy atom. The molecule has 0 fully saturated rings. The van der Waals surface area contributed by atoms with E-state index in [0.717, 1.165) is 24.3 Å². The van der Waals surface area contributed by atoms with Gasteiger partial charge < -0.3 is 4.72 Å². The van der Waals surface area contributed by atoms with Crippen LogP contribution in [0.3, 0.4) is 0 Å². The van der Waals surface area contributed by atoms with Crippen LogP contribution in [0, 0.1) is 15.9 Å². The maximum atomic E-state index is 13.6. The molecule has 2 aromatic carbocycles. The van der Waals surface area contributed by atoms with Crippen molar-refractivity contribution in [2.24, 2.45) is 0 Å². The normalized spacial score (nSPS) is 11.1. The molecule has 6 nitrogen and oxygen atoms in total.